The number of carbonyl (C=O) groups is 1. The summed E-state index contributed by atoms with van der Waals surface area (Å²) in [6.07, 6.45) is 14.7. The number of methoxy groups -OCH3 is 1. The zero-order valence-corrected chi connectivity index (χ0v) is 35.6. The van der Waals surface area contributed by atoms with Crippen molar-refractivity contribution in [2.45, 2.75) is 209 Å². The van der Waals surface area contributed by atoms with Gasteiger partial charge < -0.3 is 28.4 Å². The van der Waals surface area contributed by atoms with Crippen LogP contribution >= 0.6 is 0 Å². The first-order valence-electron chi connectivity index (χ1n) is 21.4. The van der Waals surface area contributed by atoms with E-state index in [4.69, 9.17) is 28.4 Å². The van der Waals surface area contributed by atoms with Crippen molar-refractivity contribution in [3.63, 3.8) is 0 Å². The largest absolute Gasteiger partial charge is 0.493 e. The number of carbonyl (C=O) groups excluding carboxylic acids is 1. The van der Waals surface area contributed by atoms with Crippen LogP contribution in [0, 0.1) is 0 Å². The van der Waals surface area contributed by atoms with Gasteiger partial charge in [-0.2, -0.15) is 0 Å². The van der Waals surface area contributed by atoms with Gasteiger partial charge in [0, 0.05) is 18.1 Å². The van der Waals surface area contributed by atoms with Crippen LogP contribution in [0.4, 0.5) is 0 Å². The maximum atomic E-state index is 14.9. The Morgan fingerprint density at radius 1 is 0.509 bits per heavy atom. The van der Waals surface area contributed by atoms with Crippen molar-refractivity contribution in [2.75, 3.05) is 7.11 Å². The molecule has 5 unspecified atom stereocenters. The number of hydrogen-bond acceptors (Lipinski definition) is 7. The van der Waals surface area contributed by atoms with Gasteiger partial charge in [0.1, 0.15) is 17.1 Å². The molecule has 0 aliphatic heterocycles. The molecule has 0 amide bonds. The fraction of sp³-hybridized carbons (Fsp3) is 0.717. The van der Waals surface area contributed by atoms with Gasteiger partial charge in [0.2, 0.25) is 0 Å². The molecule has 0 bridgehead atoms. The zero-order chi connectivity index (χ0) is 39.2. The van der Waals surface area contributed by atoms with Crippen LogP contribution < -0.4 is 28.4 Å². The van der Waals surface area contributed by atoms with Gasteiger partial charge in [-0.05, 0) is 88.8 Å². The molecule has 2 rings (SSSR count). The van der Waals surface area contributed by atoms with Gasteiger partial charge >= 0.3 is 0 Å². The smallest absolute Gasteiger partial charge is 0.176 e. The highest BCUT2D eigenvalue weighted by Gasteiger charge is 2.29. The highest BCUT2D eigenvalue weighted by atomic mass is 16.5. The Bertz CT molecular complexity index is 1310. The SMILES string of the molecule is CCCC(CC)Oc1cc(CCC(=O)c2c(OC(CC)CCC)ccc(OC(CC)CCC)c2OC(CC)CCC)c(OC(CC)CCC)c(OC)c1. The van der Waals surface area contributed by atoms with Crippen LogP contribution in [0.25, 0.3) is 0 Å². The third-order valence-electron chi connectivity index (χ3n) is 10.1. The van der Waals surface area contributed by atoms with Crippen LogP contribution in [-0.2, 0) is 6.42 Å². The molecule has 0 spiro atoms. The van der Waals surface area contributed by atoms with Gasteiger partial charge in [0.15, 0.2) is 28.8 Å². The average Bonchev–Trinajstić information content (AvgIpc) is 3.16. The number of benzene rings is 2. The van der Waals surface area contributed by atoms with Crippen LogP contribution in [0.2, 0.25) is 0 Å². The normalized spacial score (nSPS) is 14.2. The number of rotatable bonds is 30. The Morgan fingerprint density at radius 2 is 0.925 bits per heavy atom. The minimum absolute atomic E-state index is 0.00969. The fourth-order valence-corrected chi connectivity index (χ4v) is 6.89. The molecule has 7 nitrogen and oxygen atoms in total. The summed E-state index contributed by atoms with van der Waals surface area (Å²) in [6.45, 7) is 21.6. The maximum absolute atomic E-state index is 14.9. The average molecular weight is 741 g/mol. The number of aryl methyl sites for hydroxylation is 1. The standard InChI is InChI=1S/C46H76O7/c1-12-22-34(17-6)49-39-31-33(45(43(32-39)48-11)52-37(20-9)25-15-4)27-28-40(47)44-41(50-35(18-7)23-13-2)29-30-42(51-36(19-8)24-14-3)46(44)53-38(21-10)26-16-5/h29-32,34-38H,12-28H2,1-11H3. The van der Waals surface area contributed by atoms with Crippen LogP contribution in [-0.4, -0.2) is 43.4 Å². The van der Waals surface area contributed by atoms with Gasteiger partial charge in [0.25, 0.3) is 0 Å². The third kappa shape index (κ3) is 14.6. The summed E-state index contributed by atoms with van der Waals surface area (Å²) < 4.78 is 39.4. The van der Waals surface area contributed by atoms with Crippen LogP contribution in [0.1, 0.15) is 188 Å². The summed E-state index contributed by atoms with van der Waals surface area (Å²) in [6, 6.07) is 7.87. The van der Waals surface area contributed by atoms with Crippen molar-refractivity contribution in [1.29, 1.82) is 0 Å². The van der Waals surface area contributed by atoms with Gasteiger partial charge in [-0.1, -0.05) is 101 Å². The van der Waals surface area contributed by atoms with Crippen molar-refractivity contribution in [2.24, 2.45) is 0 Å². The molecule has 0 heterocycles. The van der Waals surface area contributed by atoms with Crippen LogP contribution in [0.3, 0.4) is 0 Å². The molecular formula is C46H76O7. The lowest BCUT2D eigenvalue weighted by Crippen LogP contribution is -2.22. The van der Waals surface area contributed by atoms with E-state index in [0.717, 1.165) is 108 Å². The van der Waals surface area contributed by atoms with E-state index < -0.39 is 0 Å². The van der Waals surface area contributed by atoms with Gasteiger partial charge in [-0.15, -0.1) is 0 Å². The molecule has 0 radical (unpaired) electrons. The van der Waals surface area contributed by atoms with E-state index >= 15 is 0 Å². The first kappa shape index (κ1) is 46.1. The molecule has 2 aromatic rings. The Balaban J connectivity index is 2.77. The van der Waals surface area contributed by atoms with Crippen LogP contribution in [0.5, 0.6) is 34.5 Å². The molecule has 5 atom stereocenters. The minimum atomic E-state index is -0.0507. The number of ketones is 1. The van der Waals surface area contributed by atoms with E-state index in [1.807, 2.05) is 18.2 Å². The zero-order valence-electron chi connectivity index (χ0n) is 35.6. The van der Waals surface area contributed by atoms with E-state index in [1.165, 1.54) is 0 Å². The van der Waals surface area contributed by atoms with Crippen molar-refractivity contribution in [1.82, 2.24) is 0 Å². The molecule has 0 N–H and O–H groups in total. The quantitative estimate of drug-likeness (QED) is 0.0738. The maximum Gasteiger partial charge on any atom is 0.176 e. The first-order chi connectivity index (χ1) is 25.7. The summed E-state index contributed by atoms with van der Waals surface area (Å²) in [5, 5.41) is 0. The van der Waals surface area contributed by atoms with E-state index in [9.17, 15) is 4.79 Å². The highest BCUT2D eigenvalue weighted by Crippen LogP contribution is 2.43. The molecule has 302 valence electrons. The Labute approximate surface area is 324 Å². The Kier molecular flexibility index (Phi) is 22.5. The topological polar surface area (TPSA) is 72.5 Å². The van der Waals surface area contributed by atoms with E-state index in [-0.39, 0.29) is 42.7 Å². The van der Waals surface area contributed by atoms with Gasteiger partial charge in [-0.3, -0.25) is 4.79 Å². The summed E-state index contributed by atoms with van der Waals surface area (Å²) >= 11 is 0. The number of hydrogen-bond donors (Lipinski definition) is 0. The molecular weight excluding hydrogens is 664 g/mol. The second-order valence-corrected chi connectivity index (χ2v) is 14.5. The molecule has 0 saturated carbocycles. The number of Topliss-reactive ketones (excluding diaryl/α,β-unsaturated/α-hetero) is 1. The predicted octanol–water partition coefficient (Wildman–Crippen LogP) is 13.3. The lowest BCUT2D eigenvalue weighted by Gasteiger charge is -2.27. The molecule has 0 fully saturated rings. The summed E-state index contributed by atoms with van der Waals surface area (Å²) in [5.41, 5.74) is 1.38. The molecule has 7 heteroatoms. The van der Waals surface area contributed by atoms with Gasteiger partial charge in [0.05, 0.1) is 37.6 Å². The summed E-state index contributed by atoms with van der Waals surface area (Å²) in [7, 11) is 1.67. The van der Waals surface area contributed by atoms with E-state index in [0.29, 0.717) is 40.7 Å². The van der Waals surface area contributed by atoms with Gasteiger partial charge in [-0.25, -0.2) is 0 Å². The van der Waals surface area contributed by atoms with Crippen molar-refractivity contribution < 1.29 is 33.2 Å². The number of ether oxygens (including phenoxy) is 6. The molecule has 0 saturated heterocycles. The van der Waals surface area contributed by atoms with Crippen LogP contribution in [0.15, 0.2) is 24.3 Å². The highest BCUT2D eigenvalue weighted by molar-refractivity contribution is 6.02. The summed E-state index contributed by atoms with van der Waals surface area (Å²) in [5.74, 6) is 3.71. The molecule has 2 aromatic carbocycles. The molecule has 0 aromatic heterocycles. The second-order valence-electron chi connectivity index (χ2n) is 14.5. The first-order valence-corrected chi connectivity index (χ1v) is 21.4. The van der Waals surface area contributed by atoms with E-state index in [2.05, 4.69) is 75.3 Å². The molecule has 0 aliphatic carbocycles. The van der Waals surface area contributed by atoms with Crippen molar-refractivity contribution >= 4 is 5.78 Å². The third-order valence-corrected chi connectivity index (χ3v) is 10.1. The van der Waals surface area contributed by atoms with E-state index in [1.54, 1.807) is 7.11 Å². The van der Waals surface area contributed by atoms with Crippen molar-refractivity contribution in [3.05, 3.63) is 35.4 Å². The summed E-state index contributed by atoms with van der Waals surface area (Å²) in [4.78, 5) is 14.9. The lowest BCUT2D eigenvalue weighted by atomic mass is 9.98. The minimum Gasteiger partial charge on any atom is -0.493 e. The molecule has 53 heavy (non-hydrogen) atoms. The molecule has 0 aliphatic rings. The monoisotopic (exact) mass is 741 g/mol. The Hall–Kier alpha value is -3.09. The Morgan fingerprint density at radius 3 is 1.38 bits per heavy atom. The predicted molar refractivity (Wildman–Crippen MR) is 220 cm³/mol. The second kappa shape index (κ2) is 25.8. The lowest BCUT2D eigenvalue weighted by molar-refractivity contribution is 0.0955. The van der Waals surface area contributed by atoms with Crippen molar-refractivity contribution in [3.8, 4) is 34.5 Å². The fourth-order valence-electron chi connectivity index (χ4n) is 6.89.